The fourth-order valence-corrected chi connectivity index (χ4v) is 7.33. The van der Waals surface area contributed by atoms with E-state index in [1.165, 1.54) is 167 Å². The Hall–Kier alpha value is -1.59. The molecule has 0 aliphatic carbocycles. The number of carbonyl (C=O) groups excluding carboxylic acids is 3. The lowest BCUT2D eigenvalue weighted by Gasteiger charge is -2.18. The van der Waals surface area contributed by atoms with Crippen LogP contribution in [0.5, 0.6) is 0 Å². The lowest BCUT2D eigenvalue weighted by atomic mass is 10.0. The standard InChI is InChI=1S/C49H94O6/c1-5-7-9-11-13-14-15-16-17-18-19-22-25-29-33-37-41-48(51)54-44-46(43-53-47(50)40-36-32-27-12-10-8-6-2)55-49(52)42-38-34-30-26-23-20-21-24-28-31-35-39-45(3)4/h45-46H,5-44H2,1-4H3/t46-/m1/s1. The molecule has 0 aromatic heterocycles. The highest BCUT2D eigenvalue weighted by atomic mass is 16.6. The molecule has 0 spiro atoms. The molecule has 0 aromatic rings. The zero-order valence-corrected chi connectivity index (χ0v) is 37.4. The molecule has 0 saturated heterocycles. The van der Waals surface area contributed by atoms with Gasteiger partial charge in [-0.15, -0.1) is 0 Å². The van der Waals surface area contributed by atoms with Gasteiger partial charge in [0, 0.05) is 19.3 Å². The highest BCUT2D eigenvalue weighted by Gasteiger charge is 2.19. The summed E-state index contributed by atoms with van der Waals surface area (Å²) in [5.74, 6) is -0.0307. The summed E-state index contributed by atoms with van der Waals surface area (Å²) in [6.07, 6.45) is 43.8. The largest absolute Gasteiger partial charge is 0.462 e. The van der Waals surface area contributed by atoms with E-state index in [2.05, 4.69) is 27.7 Å². The molecule has 0 bridgehead atoms. The van der Waals surface area contributed by atoms with Crippen molar-refractivity contribution in [3.8, 4) is 0 Å². The van der Waals surface area contributed by atoms with E-state index in [0.717, 1.165) is 63.7 Å². The summed E-state index contributed by atoms with van der Waals surface area (Å²) >= 11 is 0. The third-order valence-electron chi connectivity index (χ3n) is 11.0. The first-order valence-corrected chi connectivity index (χ1v) is 24.4. The minimum absolute atomic E-state index is 0.0636. The summed E-state index contributed by atoms with van der Waals surface area (Å²) in [7, 11) is 0. The van der Waals surface area contributed by atoms with E-state index < -0.39 is 6.10 Å². The first-order valence-electron chi connectivity index (χ1n) is 24.4. The summed E-state index contributed by atoms with van der Waals surface area (Å²) in [5.41, 5.74) is 0. The third-order valence-corrected chi connectivity index (χ3v) is 11.0. The second kappa shape index (κ2) is 43.5. The quantitative estimate of drug-likeness (QED) is 0.0348. The number of ether oxygens (including phenoxy) is 3. The van der Waals surface area contributed by atoms with E-state index in [9.17, 15) is 14.4 Å². The average molecular weight is 779 g/mol. The molecule has 0 radical (unpaired) electrons. The molecule has 1 atom stereocenters. The normalized spacial score (nSPS) is 11.9. The number of rotatable bonds is 44. The zero-order chi connectivity index (χ0) is 40.3. The Kier molecular flexibility index (Phi) is 42.3. The molecule has 0 aliphatic heterocycles. The number of esters is 3. The first kappa shape index (κ1) is 53.4. The second-order valence-corrected chi connectivity index (χ2v) is 17.2. The smallest absolute Gasteiger partial charge is 0.306 e. The molecule has 0 saturated carbocycles. The van der Waals surface area contributed by atoms with Gasteiger partial charge in [-0.1, -0.05) is 233 Å². The predicted molar refractivity (Wildman–Crippen MR) is 233 cm³/mol. The fraction of sp³-hybridized carbons (Fsp3) is 0.939. The van der Waals surface area contributed by atoms with E-state index in [-0.39, 0.29) is 31.1 Å². The molecule has 326 valence electrons. The number of carbonyl (C=O) groups is 3. The minimum atomic E-state index is -0.759. The van der Waals surface area contributed by atoms with Gasteiger partial charge in [0.2, 0.25) is 0 Å². The van der Waals surface area contributed by atoms with Crippen LogP contribution in [0.2, 0.25) is 0 Å². The van der Waals surface area contributed by atoms with Gasteiger partial charge in [-0.3, -0.25) is 14.4 Å². The maximum atomic E-state index is 12.7. The first-order chi connectivity index (χ1) is 26.9. The van der Waals surface area contributed by atoms with Gasteiger partial charge in [0.1, 0.15) is 13.2 Å². The molecule has 0 amide bonds. The van der Waals surface area contributed by atoms with Crippen molar-refractivity contribution in [3.05, 3.63) is 0 Å². The van der Waals surface area contributed by atoms with Gasteiger partial charge in [0.15, 0.2) is 6.10 Å². The minimum Gasteiger partial charge on any atom is -0.462 e. The lowest BCUT2D eigenvalue weighted by Crippen LogP contribution is -2.30. The summed E-state index contributed by atoms with van der Waals surface area (Å²) in [6.45, 7) is 8.97. The van der Waals surface area contributed by atoms with Gasteiger partial charge in [0.25, 0.3) is 0 Å². The van der Waals surface area contributed by atoms with E-state index >= 15 is 0 Å². The highest BCUT2D eigenvalue weighted by molar-refractivity contribution is 5.71. The van der Waals surface area contributed by atoms with E-state index in [0.29, 0.717) is 19.3 Å². The fourth-order valence-electron chi connectivity index (χ4n) is 7.33. The number of hydrogen-bond acceptors (Lipinski definition) is 6. The topological polar surface area (TPSA) is 78.9 Å². The molecule has 0 heterocycles. The van der Waals surface area contributed by atoms with Crippen molar-refractivity contribution in [2.75, 3.05) is 13.2 Å². The Labute approximate surface area is 342 Å². The van der Waals surface area contributed by atoms with Crippen LogP contribution >= 0.6 is 0 Å². The van der Waals surface area contributed by atoms with Crippen LogP contribution in [0.25, 0.3) is 0 Å². The molecule has 0 unspecified atom stereocenters. The summed E-state index contributed by atoms with van der Waals surface area (Å²) in [5, 5.41) is 0. The molecule has 55 heavy (non-hydrogen) atoms. The van der Waals surface area contributed by atoms with Crippen molar-refractivity contribution in [3.63, 3.8) is 0 Å². The van der Waals surface area contributed by atoms with Crippen LogP contribution in [0.3, 0.4) is 0 Å². The number of unbranched alkanes of at least 4 members (excludes halogenated alkanes) is 31. The van der Waals surface area contributed by atoms with Crippen LogP contribution in [-0.4, -0.2) is 37.2 Å². The second-order valence-electron chi connectivity index (χ2n) is 17.2. The Morgan fingerprint density at radius 1 is 0.345 bits per heavy atom. The van der Waals surface area contributed by atoms with Gasteiger partial charge in [-0.2, -0.15) is 0 Å². The van der Waals surface area contributed by atoms with Gasteiger partial charge in [0.05, 0.1) is 0 Å². The monoisotopic (exact) mass is 779 g/mol. The van der Waals surface area contributed by atoms with Crippen molar-refractivity contribution in [1.82, 2.24) is 0 Å². The zero-order valence-electron chi connectivity index (χ0n) is 37.4. The Morgan fingerprint density at radius 3 is 0.891 bits per heavy atom. The lowest BCUT2D eigenvalue weighted by molar-refractivity contribution is -0.167. The van der Waals surface area contributed by atoms with E-state index in [4.69, 9.17) is 14.2 Å². The van der Waals surface area contributed by atoms with Crippen molar-refractivity contribution in [1.29, 1.82) is 0 Å². The van der Waals surface area contributed by atoms with Crippen molar-refractivity contribution in [2.45, 2.75) is 278 Å². The molecule has 0 fully saturated rings. The summed E-state index contributed by atoms with van der Waals surface area (Å²) in [4.78, 5) is 37.7. The Balaban J connectivity index is 4.22. The van der Waals surface area contributed by atoms with Crippen molar-refractivity contribution in [2.24, 2.45) is 5.92 Å². The Bertz CT molecular complexity index is 826. The van der Waals surface area contributed by atoms with Crippen LogP contribution in [0.1, 0.15) is 272 Å². The molecule has 0 N–H and O–H groups in total. The van der Waals surface area contributed by atoms with E-state index in [1.807, 2.05) is 0 Å². The molecule has 0 aliphatic rings. The van der Waals surface area contributed by atoms with E-state index in [1.54, 1.807) is 0 Å². The van der Waals surface area contributed by atoms with Gasteiger partial charge in [-0.25, -0.2) is 0 Å². The molecular weight excluding hydrogens is 685 g/mol. The predicted octanol–water partition coefficient (Wildman–Crippen LogP) is 15.5. The van der Waals surface area contributed by atoms with Crippen LogP contribution in [0.15, 0.2) is 0 Å². The maximum absolute atomic E-state index is 12.7. The maximum Gasteiger partial charge on any atom is 0.306 e. The molecule has 6 heteroatoms. The molecule has 0 aromatic carbocycles. The molecule has 0 rings (SSSR count). The van der Waals surface area contributed by atoms with Crippen molar-refractivity contribution < 1.29 is 28.6 Å². The third kappa shape index (κ3) is 43.4. The summed E-state index contributed by atoms with van der Waals surface area (Å²) < 4.78 is 16.7. The molecule has 6 nitrogen and oxygen atoms in total. The summed E-state index contributed by atoms with van der Waals surface area (Å²) in [6, 6.07) is 0. The molecular formula is C49H94O6. The van der Waals surface area contributed by atoms with Crippen LogP contribution in [0, 0.1) is 5.92 Å². The van der Waals surface area contributed by atoms with Crippen LogP contribution in [0.4, 0.5) is 0 Å². The van der Waals surface area contributed by atoms with Crippen LogP contribution < -0.4 is 0 Å². The SMILES string of the molecule is CCCCCCCCCCCCCCCCCCC(=O)OC[C@@H](COC(=O)CCCCCCCCC)OC(=O)CCCCCCCCCCCCCC(C)C. The Morgan fingerprint density at radius 2 is 0.600 bits per heavy atom. The van der Waals surface area contributed by atoms with Gasteiger partial charge >= 0.3 is 17.9 Å². The van der Waals surface area contributed by atoms with Crippen LogP contribution in [-0.2, 0) is 28.6 Å². The number of hydrogen-bond donors (Lipinski definition) is 0. The average Bonchev–Trinajstić information content (AvgIpc) is 3.17. The highest BCUT2D eigenvalue weighted by Crippen LogP contribution is 2.17. The van der Waals surface area contributed by atoms with Gasteiger partial charge in [-0.05, 0) is 25.2 Å². The van der Waals surface area contributed by atoms with Crippen molar-refractivity contribution >= 4 is 17.9 Å². The van der Waals surface area contributed by atoms with Gasteiger partial charge < -0.3 is 14.2 Å².